The molecule has 1 saturated carbocycles. The van der Waals surface area contributed by atoms with Crippen molar-refractivity contribution in [2.75, 3.05) is 6.54 Å². The van der Waals surface area contributed by atoms with Gasteiger partial charge in [-0.1, -0.05) is 31.9 Å². The highest BCUT2D eigenvalue weighted by Crippen LogP contribution is 2.35. The van der Waals surface area contributed by atoms with Gasteiger partial charge in [0.15, 0.2) is 0 Å². The monoisotopic (exact) mass is 272 g/mol. The molecule has 0 bridgehead atoms. The topological polar surface area (TPSA) is 56.0 Å². The van der Waals surface area contributed by atoms with Crippen LogP contribution in [0, 0.1) is 16.7 Å². The van der Waals surface area contributed by atoms with Crippen molar-refractivity contribution >= 4 is 0 Å². The Morgan fingerprint density at radius 2 is 2.10 bits per heavy atom. The fraction of sp³-hybridized carbons (Fsp3) is 0.588. The minimum atomic E-state index is -0.197. The molecule has 3 heteroatoms. The van der Waals surface area contributed by atoms with Gasteiger partial charge in [-0.05, 0) is 37.5 Å². The third kappa shape index (κ3) is 3.39. The molecule has 0 aromatic heterocycles. The minimum Gasteiger partial charge on any atom is -0.393 e. The number of nitriles is 1. The number of nitrogens with zero attached hydrogens (tertiary/aromatic N) is 1. The van der Waals surface area contributed by atoms with Gasteiger partial charge in [-0.2, -0.15) is 5.26 Å². The van der Waals surface area contributed by atoms with E-state index in [0.29, 0.717) is 5.56 Å². The second-order valence-corrected chi connectivity index (χ2v) is 6.25. The highest BCUT2D eigenvalue weighted by Gasteiger charge is 2.35. The largest absolute Gasteiger partial charge is 0.393 e. The van der Waals surface area contributed by atoms with Crippen molar-refractivity contribution in [1.82, 2.24) is 5.32 Å². The molecule has 0 aliphatic heterocycles. The third-order valence-corrected chi connectivity index (χ3v) is 4.63. The lowest BCUT2D eigenvalue weighted by molar-refractivity contribution is -0.0000124. The van der Waals surface area contributed by atoms with Crippen molar-refractivity contribution in [3.8, 4) is 6.07 Å². The first-order chi connectivity index (χ1) is 9.55. The minimum absolute atomic E-state index is 0.0148. The van der Waals surface area contributed by atoms with Crippen molar-refractivity contribution < 1.29 is 5.11 Å². The standard InChI is InChI=1S/C17H24N2O/c1-13(15-8-6-14(11-18)7-9-15)19-12-17(2)10-4-3-5-16(17)20/h6-9,13,16,19-20H,3-5,10,12H2,1-2H3. The Morgan fingerprint density at radius 1 is 1.40 bits per heavy atom. The smallest absolute Gasteiger partial charge is 0.0991 e. The Labute approximate surface area is 121 Å². The van der Waals surface area contributed by atoms with Gasteiger partial charge in [0.2, 0.25) is 0 Å². The Hall–Kier alpha value is -1.37. The van der Waals surface area contributed by atoms with E-state index in [0.717, 1.165) is 25.8 Å². The highest BCUT2D eigenvalue weighted by atomic mass is 16.3. The number of nitrogens with one attached hydrogen (secondary N) is 1. The Bertz CT molecular complexity index is 477. The zero-order chi connectivity index (χ0) is 14.6. The first-order valence-electron chi connectivity index (χ1n) is 7.47. The molecular weight excluding hydrogens is 248 g/mol. The van der Waals surface area contributed by atoms with Crippen LogP contribution in [0.1, 0.15) is 56.7 Å². The molecule has 3 nitrogen and oxygen atoms in total. The fourth-order valence-corrected chi connectivity index (χ4v) is 2.94. The molecule has 3 atom stereocenters. The van der Waals surface area contributed by atoms with Gasteiger partial charge >= 0.3 is 0 Å². The molecule has 0 spiro atoms. The molecule has 0 saturated heterocycles. The lowest BCUT2D eigenvalue weighted by atomic mass is 9.73. The van der Waals surface area contributed by atoms with Crippen LogP contribution >= 0.6 is 0 Å². The zero-order valence-corrected chi connectivity index (χ0v) is 12.4. The number of aliphatic hydroxyl groups is 1. The van der Waals surface area contributed by atoms with Crippen LogP contribution in [-0.2, 0) is 0 Å². The van der Waals surface area contributed by atoms with Crippen molar-refractivity contribution in [2.24, 2.45) is 5.41 Å². The average molecular weight is 272 g/mol. The van der Waals surface area contributed by atoms with E-state index in [1.165, 1.54) is 12.0 Å². The zero-order valence-electron chi connectivity index (χ0n) is 12.4. The predicted molar refractivity (Wildman–Crippen MR) is 80.2 cm³/mol. The summed E-state index contributed by atoms with van der Waals surface area (Å²) in [7, 11) is 0. The van der Waals surface area contributed by atoms with E-state index in [4.69, 9.17) is 5.26 Å². The van der Waals surface area contributed by atoms with Crippen LogP contribution in [0.2, 0.25) is 0 Å². The summed E-state index contributed by atoms with van der Waals surface area (Å²) in [6.07, 6.45) is 4.16. The SMILES string of the molecule is CC(NCC1(C)CCCCC1O)c1ccc(C#N)cc1. The van der Waals surface area contributed by atoms with E-state index in [1.54, 1.807) is 0 Å². The molecule has 3 unspecified atom stereocenters. The Morgan fingerprint density at radius 3 is 2.70 bits per heavy atom. The molecule has 1 fully saturated rings. The molecule has 2 rings (SSSR count). The summed E-state index contributed by atoms with van der Waals surface area (Å²) >= 11 is 0. The maximum Gasteiger partial charge on any atom is 0.0991 e. The van der Waals surface area contributed by atoms with Crippen LogP contribution in [0.15, 0.2) is 24.3 Å². The Kier molecular flexibility index (Phi) is 4.80. The van der Waals surface area contributed by atoms with E-state index in [1.807, 2.05) is 24.3 Å². The van der Waals surface area contributed by atoms with Crippen LogP contribution in [0.5, 0.6) is 0 Å². The molecule has 1 aliphatic carbocycles. The molecule has 1 aromatic carbocycles. The van der Waals surface area contributed by atoms with E-state index in [9.17, 15) is 5.11 Å². The lowest BCUT2D eigenvalue weighted by Gasteiger charge is -2.39. The van der Waals surface area contributed by atoms with Gasteiger partial charge in [-0.15, -0.1) is 0 Å². The number of rotatable bonds is 4. The summed E-state index contributed by atoms with van der Waals surface area (Å²) in [4.78, 5) is 0. The molecule has 1 aliphatic rings. The summed E-state index contributed by atoms with van der Waals surface area (Å²) in [5, 5.41) is 22.5. The lowest BCUT2D eigenvalue weighted by Crippen LogP contribution is -2.44. The molecule has 2 N–H and O–H groups in total. The second-order valence-electron chi connectivity index (χ2n) is 6.25. The molecular formula is C17H24N2O. The van der Waals surface area contributed by atoms with Crippen molar-refractivity contribution in [1.29, 1.82) is 5.26 Å². The summed E-state index contributed by atoms with van der Waals surface area (Å²) in [5.41, 5.74) is 1.85. The summed E-state index contributed by atoms with van der Waals surface area (Å²) in [6.45, 7) is 5.13. The van der Waals surface area contributed by atoms with Crippen LogP contribution < -0.4 is 5.32 Å². The van der Waals surface area contributed by atoms with Gasteiger partial charge in [-0.25, -0.2) is 0 Å². The normalized spacial score (nSPS) is 27.8. The first-order valence-corrected chi connectivity index (χ1v) is 7.47. The van der Waals surface area contributed by atoms with Gasteiger partial charge < -0.3 is 10.4 Å². The molecule has 20 heavy (non-hydrogen) atoms. The molecule has 1 aromatic rings. The summed E-state index contributed by atoms with van der Waals surface area (Å²) < 4.78 is 0. The number of hydrogen-bond donors (Lipinski definition) is 2. The van der Waals surface area contributed by atoms with Crippen LogP contribution in [0.3, 0.4) is 0 Å². The van der Waals surface area contributed by atoms with Gasteiger partial charge in [-0.3, -0.25) is 0 Å². The van der Waals surface area contributed by atoms with Gasteiger partial charge in [0.1, 0.15) is 0 Å². The van der Waals surface area contributed by atoms with Crippen molar-refractivity contribution in [3.05, 3.63) is 35.4 Å². The third-order valence-electron chi connectivity index (χ3n) is 4.63. The van der Waals surface area contributed by atoms with Crippen LogP contribution in [0.25, 0.3) is 0 Å². The molecule has 0 heterocycles. The van der Waals surface area contributed by atoms with Crippen molar-refractivity contribution in [2.45, 2.75) is 51.7 Å². The number of benzene rings is 1. The summed E-state index contributed by atoms with van der Waals surface area (Å²) in [6, 6.07) is 10.1. The number of aliphatic hydroxyl groups excluding tert-OH is 1. The van der Waals surface area contributed by atoms with Crippen LogP contribution in [0.4, 0.5) is 0 Å². The van der Waals surface area contributed by atoms with Gasteiger partial charge in [0, 0.05) is 18.0 Å². The molecule has 0 radical (unpaired) electrons. The van der Waals surface area contributed by atoms with Gasteiger partial charge in [0.05, 0.1) is 17.7 Å². The van der Waals surface area contributed by atoms with E-state index in [2.05, 4.69) is 25.2 Å². The van der Waals surface area contributed by atoms with Crippen LogP contribution in [-0.4, -0.2) is 17.8 Å². The fourth-order valence-electron chi connectivity index (χ4n) is 2.94. The second kappa shape index (κ2) is 6.39. The van der Waals surface area contributed by atoms with E-state index in [-0.39, 0.29) is 17.6 Å². The van der Waals surface area contributed by atoms with E-state index >= 15 is 0 Å². The number of hydrogen-bond acceptors (Lipinski definition) is 3. The molecule has 0 amide bonds. The summed E-state index contributed by atoms with van der Waals surface area (Å²) in [5.74, 6) is 0. The maximum atomic E-state index is 10.2. The Balaban J connectivity index is 1.94. The maximum absolute atomic E-state index is 10.2. The van der Waals surface area contributed by atoms with Crippen molar-refractivity contribution in [3.63, 3.8) is 0 Å². The quantitative estimate of drug-likeness (QED) is 0.885. The van der Waals surface area contributed by atoms with Gasteiger partial charge in [0.25, 0.3) is 0 Å². The highest BCUT2D eigenvalue weighted by molar-refractivity contribution is 5.32. The molecule has 108 valence electrons. The average Bonchev–Trinajstić information content (AvgIpc) is 2.48. The predicted octanol–water partition coefficient (Wildman–Crippen LogP) is 3.15. The van der Waals surface area contributed by atoms with E-state index < -0.39 is 0 Å². The first kappa shape index (κ1) is 15.0.